The maximum absolute atomic E-state index is 12.1. The minimum absolute atomic E-state index is 0.300. The largest absolute Gasteiger partial charge is 0.480 e. The molecule has 7 heteroatoms. The molecule has 0 unspecified atom stereocenters. The first-order valence-corrected chi connectivity index (χ1v) is 7.21. The van der Waals surface area contributed by atoms with Crippen LogP contribution in [0.15, 0.2) is 0 Å². The van der Waals surface area contributed by atoms with Crippen LogP contribution in [0.4, 0.5) is 0 Å². The van der Waals surface area contributed by atoms with E-state index in [2.05, 4.69) is 0 Å². The molecule has 1 saturated heterocycles. The molecule has 0 aliphatic carbocycles. The molecule has 1 heterocycles. The fourth-order valence-corrected chi connectivity index (χ4v) is 2.21. The summed E-state index contributed by atoms with van der Waals surface area (Å²) in [6.07, 6.45) is 1.94. The summed E-state index contributed by atoms with van der Waals surface area (Å²) in [5.41, 5.74) is 0. The maximum atomic E-state index is 12.1. The molecule has 1 N–H and O–H groups in total. The highest BCUT2D eigenvalue weighted by Gasteiger charge is 2.46. The Morgan fingerprint density at radius 3 is 2.29 bits per heavy atom. The van der Waals surface area contributed by atoms with Crippen molar-refractivity contribution >= 4 is 21.7 Å². The zero-order chi connectivity index (χ0) is 13.4. The summed E-state index contributed by atoms with van der Waals surface area (Å²) >= 11 is 0. The van der Waals surface area contributed by atoms with Gasteiger partial charge in [-0.1, -0.05) is 0 Å². The molecule has 0 radical (unpaired) electrons. The molecule has 1 rings (SSSR count). The van der Waals surface area contributed by atoms with Gasteiger partial charge in [-0.05, 0) is 26.7 Å². The van der Waals surface area contributed by atoms with Crippen LogP contribution in [0, 0.1) is 0 Å². The van der Waals surface area contributed by atoms with Gasteiger partial charge in [0.25, 0.3) is 0 Å². The second-order valence-electron chi connectivity index (χ2n) is 4.78. The number of carbonyl (C=O) groups excluding carboxylic acids is 1. The summed E-state index contributed by atoms with van der Waals surface area (Å²) in [5, 5.41) is 8.96. The van der Waals surface area contributed by atoms with Crippen molar-refractivity contribution in [1.29, 1.82) is 0 Å². The Morgan fingerprint density at radius 1 is 1.35 bits per heavy atom. The third-order valence-electron chi connectivity index (χ3n) is 3.24. The van der Waals surface area contributed by atoms with Crippen molar-refractivity contribution < 1.29 is 23.1 Å². The normalized spacial score (nSPS) is 21.6. The summed E-state index contributed by atoms with van der Waals surface area (Å²) < 4.78 is 21.5. The third-order valence-corrected chi connectivity index (χ3v) is 5.27. The van der Waals surface area contributed by atoms with Crippen LogP contribution >= 0.6 is 0 Å². The van der Waals surface area contributed by atoms with E-state index in [1.807, 2.05) is 0 Å². The Morgan fingerprint density at radius 2 is 1.88 bits per heavy atom. The molecule has 17 heavy (non-hydrogen) atoms. The highest BCUT2D eigenvalue weighted by Crippen LogP contribution is 2.25. The van der Waals surface area contributed by atoms with Gasteiger partial charge in [0.05, 0.1) is 0 Å². The smallest absolute Gasteiger partial charge is 0.326 e. The molecule has 0 aromatic carbocycles. The predicted molar refractivity (Wildman–Crippen MR) is 61.3 cm³/mol. The molecule has 1 aliphatic heterocycles. The van der Waals surface area contributed by atoms with E-state index in [-0.39, 0.29) is 0 Å². The van der Waals surface area contributed by atoms with E-state index in [0.29, 0.717) is 19.4 Å². The lowest BCUT2D eigenvalue weighted by molar-refractivity contribution is -0.148. The van der Waals surface area contributed by atoms with Crippen molar-refractivity contribution in [3.63, 3.8) is 0 Å². The van der Waals surface area contributed by atoms with E-state index in [9.17, 15) is 18.0 Å². The van der Waals surface area contributed by atoms with Crippen molar-refractivity contribution in [3.8, 4) is 0 Å². The van der Waals surface area contributed by atoms with Crippen LogP contribution in [-0.4, -0.2) is 53.9 Å². The number of likely N-dealkylation sites (tertiary alicyclic amines) is 1. The average molecular weight is 263 g/mol. The molecule has 1 fully saturated rings. The van der Waals surface area contributed by atoms with E-state index >= 15 is 0 Å². The van der Waals surface area contributed by atoms with Crippen LogP contribution in [0.2, 0.25) is 0 Å². The molecule has 0 saturated carbocycles. The molecule has 0 aromatic heterocycles. The van der Waals surface area contributed by atoms with Crippen LogP contribution in [0.25, 0.3) is 0 Å². The van der Waals surface area contributed by atoms with Crippen LogP contribution in [-0.2, 0) is 19.4 Å². The van der Waals surface area contributed by atoms with Crippen molar-refractivity contribution in [2.75, 3.05) is 12.8 Å². The van der Waals surface area contributed by atoms with E-state index < -0.39 is 32.5 Å². The first-order valence-electron chi connectivity index (χ1n) is 5.32. The molecule has 1 aliphatic rings. The Labute approximate surface area is 101 Å². The van der Waals surface area contributed by atoms with Crippen molar-refractivity contribution in [2.45, 2.75) is 37.5 Å². The van der Waals surface area contributed by atoms with Gasteiger partial charge in [0.1, 0.15) is 10.8 Å². The lowest BCUT2D eigenvalue weighted by atomic mass is 10.1. The predicted octanol–water partition coefficient (Wildman–Crippen LogP) is -0.115. The van der Waals surface area contributed by atoms with Gasteiger partial charge in [-0.2, -0.15) is 0 Å². The number of nitrogens with zero attached hydrogens (tertiary/aromatic N) is 1. The van der Waals surface area contributed by atoms with Gasteiger partial charge in [0.15, 0.2) is 9.84 Å². The number of hydrogen-bond acceptors (Lipinski definition) is 4. The molecular weight excluding hydrogens is 246 g/mol. The molecule has 0 aromatic rings. The Bertz CT molecular complexity index is 440. The number of amides is 1. The zero-order valence-electron chi connectivity index (χ0n) is 10.1. The van der Waals surface area contributed by atoms with Crippen LogP contribution in [0.5, 0.6) is 0 Å². The fraction of sp³-hybridized carbons (Fsp3) is 0.800. The Balaban J connectivity index is 3.02. The minimum Gasteiger partial charge on any atom is -0.480 e. The lowest BCUT2D eigenvalue weighted by Crippen LogP contribution is -2.52. The number of carbonyl (C=O) groups is 2. The third kappa shape index (κ3) is 2.43. The number of rotatable bonds is 3. The van der Waals surface area contributed by atoms with Gasteiger partial charge in [-0.15, -0.1) is 0 Å². The topological polar surface area (TPSA) is 91.8 Å². The highest BCUT2D eigenvalue weighted by atomic mass is 32.2. The second-order valence-corrected chi connectivity index (χ2v) is 7.34. The number of hydrogen-bond donors (Lipinski definition) is 1. The van der Waals surface area contributed by atoms with Gasteiger partial charge in [0, 0.05) is 12.8 Å². The lowest BCUT2D eigenvalue weighted by Gasteiger charge is -2.30. The van der Waals surface area contributed by atoms with Crippen LogP contribution in [0.3, 0.4) is 0 Å². The number of sulfone groups is 1. The second kappa shape index (κ2) is 4.29. The molecule has 98 valence electrons. The van der Waals surface area contributed by atoms with Crippen molar-refractivity contribution in [2.24, 2.45) is 0 Å². The molecular formula is C10H17NO5S. The highest BCUT2D eigenvalue weighted by molar-refractivity contribution is 7.92. The van der Waals surface area contributed by atoms with E-state index in [1.165, 1.54) is 13.8 Å². The van der Waals surface area contributed by atoms with Gasteiger partial charge in [0.2, 0.25) is 5.91 Å². The monoisotopic (exact) mass is 263 g/mol. The van der Waals surface area contributed by atoms with Gasteiger partial charge in [-0.3, -0.25) is 4.79 Å². The van der Waals surface area contributed by atoms with E-state index in [1.54, 1.807) is 0 Å². The Hall–Kier alpha value is -1.11. The molecule has 1 amide bonds. The van der Waals surface area contributed by atoms with Crippen LogP contribution in [0.1, 0.15) is 26.7 Å². The summed E-state index contributed by atoms with van der Waals surface area (Å²) in [7, 11) is -3.57. The Kier molecular flexibility index (Phi) is 3.52. The van der Waals surface area contributed by atoms with Gasteiger partial charge in [-0.25, -0.2) is 13.2 Å². The summed E-state index contributed by atoms with van der Waals surface area (Å²) in [6, 6.07) is -0.900. The van der Waals surface area contributed by atoms with Crippen molar-refractivity contribution in [1.82, 2.24) is 4.90 Å². The van der Waals surface area contributed by atoms with Gasteiger partial charge < -0.3 is 10.0 Å². The summed E-state index contributed by atoms with van der Waals surface area (Å²) in [5.74, 6) is -1.72. The van der Waals surface area contributed by atoms with E-state index in [4.69, 9.17) is 5.11 Å². The van der Waals surface area contributed by atoms with Gasteiger partial charge >= 0.3 is 5.97 Å². The molecule has 0 spiro atoms. The first-order chi connectivity index (χ1) is 7.59. The number of carboxylic acids is 1. The van der Waals surface area contributed by atoms with E-state index in [0.717, 1.165) is 11.2 Å². The number of aliphatic carboxylic acids is 1. The molecule has 0 bridgehead atoms. The fourth-order valence-electron chi connectivity index (χ4n) is 1.77. The molecule has 1 atom stereocenters. The minimum atomic E-state index is -3.57. The standard InChI is InChI=1S/C10H17NO5S/c1-10(2,17(3,15)16)9(14)11-6-4-5-7(11)8(12)13/h7H,4-6H2,1-3H3,(H,12,13)/t7-/m0/s1. The van der Waals surface area contributed by atoms with Crippen LogP contribution < -0.4 is 0 Å². The van der Waals surface area contributed by atoms with Crippen molar-refractivity contribution in [3.05, 3.63) is 0 Å². The average Bonchev–Trinajstić information content (AvgIpc) is 2.62. The first kappa shape index (κ1) is 14.0. The summed E-state index contributed by atoms with van der Waals surface area (Å²) in [6.45, 7) is 2.92. The summed E-state index contributed by atoms with van der Waals surface area (Å²) in [4.78, 5) is 24.2. The molecule has 6 nitrogen and oxygen atoms in total. The number of carboxylic acid groups (broad SMARTS) is 1. The SMILES string of the molecule is CC(C)(C(=O)N1CCC[C@H]1C(=O)O)S(C)(=O)=O. The zero-order valence-corrected chi connectivity index (χ0v) is 11.0. The quantitative estimate of drug-likeness (QED) is 0.766. The maximum Gasteiger partial charge on any atom is 0.326 e.